The molecule has 100 valence electrons. The van der Waals surface area contributed by atoms with Crippen LogP contribution in [0.2, 0.25) is 5.15 Å². The van der Waals surface area contributed by atoms with Crippen molar-refractivity contribution in [2.24, 2.45) is 0 Å². The molecule has 4 heteroatoms. The average molecular weight is 292 g/mol. The van der Waals surface area contributed by atoms with Crippen LogP contribution in [-0.4, -0.2) is 15.2 Å². The molecule has 2 aromatic carbocycles. The molecule has 4 aromatic rings. The highest BCUT2D eigenvalue weighted by Crippen LogP contribution is 2.33. The van der Waals surface area contributed by atoms with Gasteiger partial charge in [-0.1, -0.05) is 54.1 Å². The maximum Gasteiger partial charge on any atom is 0.159 e. The highest BCUT2D eigenvalue weighted by Gasteiger charge is 2.11. The normalized spacial score (nSPS) is 11.1. The summed E-state index contributed by atoms with van der Waals surface area (Å²) in [7, 11) is 0. The molecular weight excluding hydrogens is 282 g/mol. The van der Waals surface area contributed by atoms with Crippen LogP contribution in [0.5, 0.6) is 0 Å². The summed E-state index contributed by atoms with van der Waals surface area (Å²) in [4.78, 5) is 4.22. The summed E-state index contributed by atoms with van der Waals surface area (Å²) in [5.74, 6) is 0. The van der Waals surface area contributed by atoms with Crippen LogP contribution >= 0.6 is 11.6 Å². The van der Waals surface area contributed by atoms with Gasteiger partial charge in [-0.3, -0.25) is 4.98 Å². The van der Waals surface area contributed by atoms with Crippen molar-refractivity contribution >= 4 is 33.1 Å². The van der Waals surface area contributed by atoms with Crippen molar-refractivity contribution in [3.8, 4) is 11.3 Å². The highest BCUT2D eigenvalue weighted by molar-refractivity contribution is 6.34. The number of halogens is 1. The molecule has 0 atom stereocenters. The van der Waals surface area contributed by atoms with Crippen LogP contribution in [0.4, 0.5) is 0 Å². The van der Waals surface area contributed by atoms with E-state index in [-0.39, 0.29) is 0 Å². The Labute approximate surface area is 126 Å². The number of benzene rings is 2. The van der Waals surface area contributed by atoms with Crippen LogP contribution in [0, 0.1) is 0 Å². The third-order valence-electron chi connectivity index (χ3n) is 3.58. The Bertz CT molecular complexity index is 961. The van der Waals surface area contributed by atoms with E-state index in [1.54, 1.807) is 6.20 Å². The minimum absolute atomic E-state index is 0.424. The standard InChI is InChI=1S/C17H10ClN3/c18-17-14-6-2-1-5-12(14)16(20-21-17)13-7-3-4-11-8-9-19-10-15(11)13/h1-10H. The maximum atomic E-state index is 6.15. The summed E-state index contributed by atoms with van der Waals surface area (Å²) in [5.41, 5.74) is 1.84. The summed E-state index contributed by atoms with van der Waals surface area (Å²) >= 11 is 6.15. The Kier molecular flexibility index (Phi) is 2.79. The van der Waals surface area contributed by atoms with Gasteiger partial charge in [0.2, 0.25) is 0 Å². The third-order valence-corrected chi connectivity index (χ3v) is 3.86. The van der Waals surface area contributed by atoms with Gasteiger partial charge in [-0.15, -0.1) is 10.2 Å². The largest absolute Gasteiger partial charge is 0.264 e. The molecule has 0 unspecified atom stereocenters. The Morgan fingerprint density at radius 3 is 2.52 bits per heavy atom. The van der Waals surface area contributed by atoms with Crippen molar-refractivity contribution in [3.63, 3.8) is 0 Å². The summed E-state index contributed by atoms with van der Waals surface area (Å²) in [6.07, 6.45) is 3.65. The number of hydrogen-bond donors (Lipinski definition) is 0. The molecule has 0 aliphatic rings. The van der Waals surface area contributed by atoms with Crippen molar-refractivity contribution in [2.75, 3.05) is 0 Å². The average Bonchev–Trinajstić information content (AvgIpc) is 2.55. The molecule has 0 amide bonds. The summed E-state index contributed by atoms with van der Waals surface area (Å²) < 4.78 is 0. The van der Waals surface area contributed by atoms with Gasteiger partial charge in [0.25, 0.3) is 0 Å². The minimum Gasteiger partial charge on any atom is -0.264 e. The van der Waals surface area contributed by atoms with Gasteiger partial charge in [-0.25, -0.2) is 0 Å². The molecule has 0 N–H and O–H groups in total. The minimum atomic E-state index is 0.424. The molecule has 4 rings (SSSR count). The lowest BCUT2D eigenvalue weighted by molar-refractivity contribution is 1.06. The molecule has 0 fully saturated rings. The maximum absolute atomic E-state index is 6.15. The summed E-state index contributed by atoms with van der Waals surface area (Å²) in [6, 6.07) is 16.0. The van der Waals surface area contributed by atoms with Crippen LogP contribution < -0.4 is 0 Å². The van der Waals surface area contributed by atoms with Gasteiger partial charge in [0.05, 0.1) is 0 Å². The van der Waals surface area contributed by atoms with Crippen LogP contribution in [0.3, 0.4) is 0 Å². The second kappa shape index (κ2) is 4.79. The first kappa shape index (κ1) is 12.2. The molecule has 3 nitrogen and oxygen atoms in total. The van der Waals surface area contributed by atoms with Crippen molar-refractivity contribution < 1.29 is 0 Å². The molecule has 0 spiro atoms. The first-order chi connectivity index (χ1) is 10.3. The quantitative estimate of drug-likeness (QED) is 0.518. The monoisotopic (exact) mass is 291 g/mol. The van der Waals surface area contributed by atoms with Gasteiger partial charge in [-0.2, -0.15) is 0 Å². The Morgan fingerprint density at radius 2 is 1.62 bits per heavy atom. The molecular formula is C17H10ClN3. The second-order valence-electron chi connectivity index (χ2n) is 4.79. The third kappa shape index (κ3) is 1.94. The van der Waals surface area contributed by atoms with E-state index in [1.807, 2.05) is 48.7 Å². The van der Waals surface area contributed by atoms with Gasteiger partial charge in [0, 0.05) is 34.1 Å². The molecule has 2 aromatic heterocycles. The Morgan fingerprint density at radius 1 is 0.762 bits per heavy atom. The van der Waals surface area contributed by atoms with Crippen LogP contribution in [0.1, 0.15) is 0 Å². The van der Waals surface area contributed by atoms with E-state index in [9.17, 15) is 0 Å². The first-order valence-corrected chi connectivity index (χ1v) is 6.96. The van der Waals surface area contributed by atoms with Crippen LogP contribution in [-0.2, 0) is 0 Å². The van der Waals surface area contributed by atoms with E-state index >= 15 is 0 Å². The van der Waals surface area contributed by atoms with E-state index in [1.165, 1.54) is 0 Å². The predicted octanol–water partition coefficient (Wildman–Crippen LogP) is 4.50. The molecule has 0 radical (unpaired) electrons. The Hall–Kier alpha value is -2.52. The van der Waals surface area contributed by atoms with E-state index in [2.05, 4.69) is 21.2 Å². The number of nitrogens with zero attached hydrogens (tertiary/aromatic N) is 3. The molecule has 0 saturated heterocycles. The smallest absolute Gasteiger partial charge is 0.159 e. The predicted molar refractivity (Wildman–Crippen MR) is 85.3 cm³/mol. The summed E-state index contributed by atoms with van der Waals surface area (Å²) in [6.45, 7) is 0. The topological polar surface area (TPSA) is 38.7 Å². The highest BCUT2D eigenvalue weighted by atomic mass is 35.5. The molecule has 0 aliphatic heterocycles. The SMILES string of the molecule is Clc1nnc(-c2cccc3ccncc23)c2ccccc12. The number of fused-ring (bicyclic) bond motifs is 2. The molecule has 0 bridgehead atoms. The number of rotatable bonds is 1. The summed E-state index contributed by atoms with van der Waals surface area (Å²) in [5, 5.41) is 12.9. The molecule has 0 saturated carbocycles. The van der Waals surface area contributed by atoms with Gasteiger partial charge in [0.15, 0.2) is 5.15 Å². The molecule has 21 heavy (non-hydrogen) atoms. The fourth-order valence-electron chi connectivity index (χ4n) is 2.59. The molecule has 2 heterocycles. The lowest BCUT2D eigenvalue weighted by Gasteiger charge is -2.08. The van der Waals surface area contributed by atoms with Gasteiger partial charge < -0.3 is 0 Å². The zero-order valence-corrected chi connectivity index (χ0v) is 11.7. The van der Waals surface area contributed by atoms with Crippen LogP contribution in [0.15, 0.2) is 60.9 Å². The Balaban J connectivity index is 2.13. The number of aromatic nitrogens is 3. The zero-order chi connectivity index (χ0) is 14.2. The van der Waals surface area contributed by atoms with Crippen LogP contribution in [0.25, 0.3) is 32.8 Å². The fraction of sp³-hybridized carbons (Fsp3) is 0. The van der Waals surface area contributed by atoms with E-state index in [0.29, 0.717) is 5.15 Å². The lowest BCUT2D eigenvalue weighted by Crippen LogP contribution is -1.92. The van der Waals surface area contributed by atoms with Crippen molar-refractivity contribution in [1.82, 2.24) is 15.2 Å². The number of pyridine rings is 1. The first-order valence-electron chi connectivity index (χ1n) is 6.58. The van der Waals surface area contributed by atoms with Crippen molar-refractivity contribution in [3.05, 3.63) is 66.1 Å². The van der Waals surface area contributed by atoms with E-state index in [0.717, 1.165) is 32.8 Å². The second-order valence-corrected chi connectivity index (χ2v) is 5.15. The van der Waals surface area contributed by atoms with Gasteiger partial charge in [-0.05, 0) is 11.5 Å². The number of hydrogen-bond acceptors (Lipinski definition) is 3. The fourth-order valence-corrected chi connectivity index (χ4v) is 2.79. The van der Waals surface area contributed by atoms with E-state index in [4.69, 9.17) is 11.6 Å². The van der Waals surface area contributed by atoms with E-state index < -0.39 is 0 Å². The van der Waals surface area contributed by atoms with Crippen molar-refractivity contribution in [1.29, 1.82) is 0 Å². The van der Waals surface area contributed by atoms with Gasteiger partial charge >= 0.3 is 0 Å². The lowest BCUT2D eigenvalue weighted by atomic mass is 10.0. The zero-order valence-electron chi connectivity index (χ0n) is 11.0. The molecule has 0 aliphatic carbocycles. The van der Waals surface area contributed by atoms with Crippen molar-refractivity contribution in [2.45, 2.75) is 0 Å². The van der Waals surface area contributed by atoms with Gasteiger partial charge in [0.1, 0.15) is 5.69 Å².